The Hall–Kier alpha value is -1.97. The van der Waals surface area contributed by atoms with Crippen LogP contribution < -0.4 is 10.6 Å². The third-order valence-corrected chi connectivity index (χ3v) is 5.89. The number of nitrogens with zero attached hydrogens (tertiary/aromatic N) is 1. The van der Waals surface area contributed by atoms with Crippen LogP contribution >= 0.6 is 0 Å². The van der Waals surface area contributed by atoms with Crippen molar-refractivity contribution < 1.29 is 22.7 Å². The summed E-state index contributed by atoms with van der Waals surface area (Å²) < 4.78 is 31.9. The Balaban J connectivity index is 2.10. The van der Waals surface area contributed by atoms with Gasteiger partial charge in [0.1, 0.15) is 6.04 Å². The lowest BCUT2D eigenvalue weighted by Crippen LogP contribution is -2.45. The summed E-state index contributed by atoms with van der Waals surface area (Å²) in [7, 11) is -3.68. The number of nitrogens with one attached hydrogen (secondary N) is 2. The molecule has 2 amide bonds. The molecule has 1 aromatic rings. The minimum atomic E-state index is -3.68. The summed E-state index contributed by atoms with van der Waals surface area (Å²) in [4.78, 5) is 24.3. The van der Waals surface area contributed by atoms with Crippen LogP contribution in [0.4, 0.5) is 0 Å². The van der Waals surface area contributed by atoms with Gasteiger partial charge in [0.25, 0.3) is 5.91 Å². The van der Waals surface area contributed by atoms with Gasteiger partial charge in [-0.1, -0.05) is 13.0 Å². The number of ether oxygens (including phenoxy) is 1. The number of hydrogen-bond donors (Lipinski definition) is 2. The van der Waals surface area contributed by atoms with E-state index in [1.807, 2.05) is 6.92 Å². The van der Waals surface area contributed by atoms with Crippen LogP contribution in [-0.2, 0) is 19.6 Å². The van der Waals surface area contributed by atoms with Crippen molar-refractivity contribution in [1.29, 1.82) is 0 Å². The number of rotatable bonds is 7. The maximum absolute atomic E-state index is 12.7. The fraction of sp³-hybridized carbons (Fsp3) is 0.529. The average molecular weight is 383 g/mol. The van der Waals surface area contributed by atoms with Gasteiger partial charge in [0.15, 0.2) is 0 Å². The molecular weight excluding hydrogens is 358 g/mol. The van der Waals surface area contributed by atoms with Gasteiger partial charge >= 0.3 is 0 Å². The molecule has 1 heterocycles. The van der Waals surface area contributed by atoms with Gasteiger partial charge in [-0.15, -0.1) is 0 Å². The van der Waals surface area contributed by atoms with Crippen molar-refractivity contribution in [2.24, 2.45) is 0 Å². The second-order valence-corrected chi connectivity index (χ2v) is 7.97. The van der Waals surface area contributed by atoms with Crippen molar-refractivity contribution in [1.82, 2.24) is 14.9 Å². The standard InChI is InChI=1S/C17H25N3O5S/c1-3-7-18-16(21)13(2)19-17(22)14-5-4-6-15(12-14)26(23,24)20-8-10-25-11-9-20/h4-6,12-13H,3,7-11H2,1-2H3,(H,18,21)(H,19,22)/t13-/m1/s1. The number of hydrogen-bond acceptors (Lipinski definition) is 5. The smallest absolute Gasteiger partial charge is 0.251 e. The largest absolute Gasteiger partial charge is 0.379 e. The lowest BCUT2D eigenvalue weighted by atomic mass is 10.2. The molecule has 0 unspecified atom stereocenters. The zero-order valence-electron chi connectivity index (χ0n) is 15.0. The van der Waals surface area contributed by atoms with Gasteiger partial charge in [-0.05, 0) is 31.5 Å². The molecule has 9 heteroatoms. The van der Waals surface area contributed by atoms with Crippen LogP contribution in [0, 0.1) is 0 Å². The highest BCUT2D eigenvalue weighted by molar-refractivity contribution is 7.89. The minimum Gasteiger partial charge on any atom is -0.379 e. The van der Waals surface area contributed by atoms with Gasteiger partial charge in [-0.2, -0.15) is 4.31 Å². The predicted molar refractivity (Wildman–Crippen MR) is 96.2 cm³/mol. The van der Waals surface area contributed by atoms with Gasteiger partial charge in [0.2, 0.25) is 15.9 Å². The van der Waals surface area contributed by atoms with Crippen molar-refractivity contribution in [2.75, 3.05) is 32.8 Å². The van der Waals surface area contributed by atoms with Crippen molar-refractivity contribution in [3.05, 3.63) is 29.8 Å². The topological polar surface area (TPSA) is 105 Å². The molecule has 0 bridgehead atoms. The number of benzene rings is 1. The predicted octanol–water partition coefficient (Wildman–Crippen LogP) is 0.352. The summed E-state index contributed by atoms with van der Waals surface area (Å²) in [6, 6.07) is 5.11. The van der Waals surface area contributed by atoms with Crippen LogP contribution in [0.2, 0.25) is 0 Å². The molecule has 0 spiro atoms. The maximum Gasteiger partial charge on any atom is 0.251 e. The lowest BCUT2D eigenvalue weighted by molar-refractivity contribution is -0.122. The van der Waals surface area contributed by atoms with Crippen LogP contribution in [-0.4, -0.2) is 63.4 Å². The number of morpholine rings is 1. The lowest BCUT2D eigenvalue weighted by Gasteiger charge is -2.26. The van der Waals surface area contributed by atoms with Crippen LogP contribution in [0.25, 0.3) is 0 Å². The zero-order valence-corrected chi connectivity index (χ0v) is 15.8. The first-order valence-corrected chi connectivity index (χ1v) is 10.1. The molecule has 144 valence electrons. The summed E-state index contributed by atoms with van der Waals surface area (Å²) in [6.07, 6.45) is 0.799. The number of carbonyl (C=O) groups excluding carboxylic acids is 2. The Morgan fingerprint density at radius 1 is 1.27 bits per heavy atom. The van der Waals surface area contributed by atoms with Crippen LogP contribution in [0.3, 0.4) is 0 Å². The van der Waals surface area contributed by atoms with Crippen LogP contribution in [0.1, 0.15) is 30.6 Å². The molecule has 2 N–H and O–H groups in total. The summed E-state index contributed by atoms with van der Waals surface area (Å²) in [6.45, 7) is 5.32. The Kier molecular flexibility index (Phi) is 7.13. The van der Waals surface area contributed by atoms with E-state index in [2.05, 4.69) is 10.6 Å². The highest BCUT2D eigenvalue weighted by Crippen LogP contribution is 2.18. The fourth-order valence-corrected chi connectivity index (χ4v) is 3.93. The van der Waals surface area contributed by atoms with E-state index >= 15 is 0 Å². The SMILES string of the molecule is CCCNC(=O)[C@@H](C)NC(=O)c1cccc(S(=O)(=O)N2CCOCC2)c1. The fourth-order valence-electron chi connectivity index (χ4n) is 2.48. The Bertz CT molecular complexity index is 745. The van der Waals surface area contributed by atoms with Crippen molar-refractivity contribution in [2.45, 2.75) is 31.2 Å². The second kappa shape index (κ2) is 9.11. The molecule has 0 saturated carbocycles. The number of amides is 2. The molecule has 1 saturated heterocycles. The van der Waals surface area contributed by atoms with Gasteiger partial charge < -0.3 is 15.4 Å². The molecule has 0 aliphatic carbocycles. The van der Waals surface area contributed by atoms with Crippen LogP contribution in [0.5, 0.6) is 0 Å². The molecule has 2 rings (SSSR count). The van der Waals surface area contributed by atoms with Crippen molar-refractivity contribution in [3.63, 3.8) is 0 Å². The molecular formula is C17H25N3O5S. The van der Waals surface area contributed by atoms with E-state index < -0.39 is 22.0 Å². The summed E-state index contributed by atoms with van der Waals surface area (Å²) in [5.74, 6) is -0.777. The molecule has 1 fully saturated rings. The van der Waals surface area contributed by atoms with Gasteiger partial charge in [-0.3, -0.25) is 9.59 Å². The van der Waals surface area contributed by atoms with E-state index in [4.69, 9.17) is 4.74 Å². The zero-order chi connectivity index (χ0) is 19.2. The Labute approximate surface area is 153 Å². The monoisotopic (exact) mass is 383 g/mol. The van der Waals surface area contributed by atoms with E-state index in [9.17, 15) is 18.0 Å². The van der Waals surface area contributed by atoms with Crippen LogP contribution in [0.15, 0.2) is 29.2 Å². The number of sulfonamides is 1. The molecule has 1 atom stereocenters. The summed E-state index contributed by atoms with van der Waals surface area (Å²) >= 11 is 0. The highest BCUT2D eigenvalue weighted by Gasteiger charge is 2.27. The highest BCUT2D eigenvalue weighted by atomic mass is 32.2. The molecule has 1 aliphatic heterocycles. The maximum atomic E-state index is 12.7. The third-order valence-electron chi connectivity index (χ3n) is 3.99. The van der Waals surface area contributed by atoms with E-state index in [-0.39, 0.29) is 29.5 Å². The van der Waals surface area contributed by atoms with Gasteiger partial charge in [0, 0.05) is 25.2 Å². The molecule has 26 heavy (non-hydrogen) atoms. The Morgan fingerprint density at radius 2 is 1.96 bits per heavy atom. The molecule has 0 radical (unpaired) electrons. The quantitative estimate of drug-likeness (QED) is 0.707. The normalized spacial score (nSPS) is 16.7. The number of carbonyl (C=O) groups is 2. The first kappa shape index (κ1) is 20.3. The van der Waals surface area contributed by atoms with E-state index in [1.54, 1.807) is 6.92 Å². The third kappa shape index (κ3) is 5.03. The average Bonchev–Trinajstić information content (AvgIpc) is 2.66. The molecule has 1 aromatic carbocycles. The Morgan fingerprint density at radius 3 is 2.62 bits per heavy atom. The second-order valence-electron chi connectivity index (χ2n) is 6.03. The van der Waals surface area contributed by atoms with Crippen molar-refractivity contribution >= 4 is 21.8 Å². The summed E-state index contributed by atoms with van der Waals surface area (Å²) in [5.41, 5.74) is 0.189. The molecule has 0 aromatic heterocycles. The molecule has 8 nitrogen and oxygen atoms in total. The van der Waals surface area contributed by atoms with Gasteiger partial charge in [-0.25, -0.2) is 8.42 Å². The summed E-state index contributed by atoms with van der Waals surface area (Å²) in [5, 5.41) is 5.28. The van der Waals surface area contributed by atoms with Gasteiger partial charge in [0.05, 0.1) is 18.1 Å². The minimum absolute atomic E-state index is 0.0511. The first-order valence-electron chi connectivity index (χ1n) is 8.62. The first-order chi connectivity index (χ1) is 12.4. The van der Waals surface area contributed by atoms with E-state index in [1.165, 1.54) is 28.6 Å². The van der Waals surface area contributed by atoms with Crippen molar-refractivity contribution in [3.8, 4) is 0 Å². The van der Waals surface area contributed by atoms with E-state index in [0.29, 0.717) is 19.8 Å². The molecule has 1 aliphatic rings. The van der Waals surface area contributed by atoms with E-state index in [0.717, 1.165) is 6.42 Å².